The molecule has 146 valence electrons. The Labute approximate surface area is 162 Å². The molecule has 0 unspecified atom stereocenters. The third-order valence-corrected chi connectivity index (χ3v) is 4.92. The van der Waals surface area contributed by atoms with Gasteiger partial charge in [0.15, 0.2) is 0 Å². The Bertz CT molecular complexity index is 1020. The maximum absolute atomic E-state index is 12.0. The lowest BCUT2D eigenvalue weighted by atomic mass is 10.1. The Hall–Kier alpha value is -3.36. The number of hydrogen-bond donors (Lipinski definition) is 3. The van der Waals surface area contributed by atoms with Crippen molar-refractivity contribution in [3.63, 3.8) is 0 Å². The molecule has 1 fully saturated rings. The van der Waals surface area contributed by atoms with E-state index in [0.717, 1.165) is 47.6 Å². The number of fused-ring (bicyclic) bond motifs is 1. The molecule has 0 saturated carbocycles. The number of carbonyl (C=O) groups excluding carboxylic acids is 1. The van der Waals surface area contributed by atoms with Crippen LogP contribution in [0.4, 0.5) is 17.5 Å². The second-order valence-electron chi connectivity index (χ2n) is 7.03. The van der Waals surface area contributed by atoms with Gasteiger partial charge in [-0.05, 0) is 31.9 Å². The fourth-order valence-electron chi connectivity index (χ4n) is 3.57. The van der Waals surface area contributed by atoms with Gasteiger partial charge in [0, 0.05) is 38.6 Å². The molecule has 1 atom stereocenters. The van der Waals surface area contributed by atoms with E-state index in [1.807, 2.05) is 37.3 Å². The van der Waals surface area contributed by atoms with Crippen LogP contribution in [0.2, 0.25) is 0 Å². The number of rotatable bonds is 5. The second-order valence-corrected chi connectivity index (χ2v) is 7.03. The van der Waals surface area contributed by atoms with Crippen molar-refractivity contribution in [2.75, 3.05) is 23.7 Å². The van der Waals surface area contributed by atoms with Crippen LogP contribution in [0.25, 0.3) is 11.0 Å². The van der Waals surface area contributed by atoms with Crippen molar-refractivity contribution in [1.82, 2.24) is 29.6 Å². The number of aromatic amines is 1. The highest BCUT2D eigenvalue weighted by molar-refractivity contribution is 5.89. The van der Waals surface area contributed by atoms with E-state index in [1.165, 1.54) is 6.08 Å². The van der Waals surface area contributed by atoms with E-state index in [9.17, 15) is 4.79 Å². The lowest BCUT2D eigenvalue weighted by molar-refractivity contribution is -0.127. The summed E-state index contributed by atoms with van der Waals surface area (Å²) >= 11 is 0. The number of nitrogens with zero attached hydrogens (tertiary/aromatic N) is 5. The van der Waals surface area contributed by atoms with Gasteiger partial charge in [0.05, 0.1) is 16.8 Å². The summed E-state index contributed by atoms with van der Waals surface area (Å²) < 4.78 is 1.75. The van der Waals surface area contributed by atoms with Crippen molar-refractivity contribution in [2.45, 2.75) is 25.8 Å². The number of aromatic nitrogens is 5. The summed E-state index contributed by atoms with van der Waals surface area (Å²) in [6.45, 7) is 6.91. The summed E-state index contributed by atoms with van der Waals surface area (Å²) in [6, 6.07) is 2.07. The summed E-state index contributed by atoms with van der Waals surface area (Å²) in [6.07, 6.45) is 7.03. The quantitative estimate of drug-likeness (QED) is 0.587. The highest BCUT2D eigenvalue weighted by Crippen LogP contribution is 2.25. The predicted molar refractivity (Wildman–Crippen MR) is 109 cm³/mol. The monoisotopic (exact) mass is 380 g/mol. The highest BCUT2D eigenvalue weighted by Gasteiger charge is 2.23. The fourth-order valence-corrected chi connectivity index (χ4v) is 3.57. The summed E-state index contributed by atoms with van der Waals surface area (Å²) in [7, 11) is 1.87. The molecule has 3 aromatic rings. The Morgan fingerprint density at radius 2 is 2.29 bits per heavy atom. The normalized spacial score (nSPS) is 16.9. The maximum atomic E-state index is 12.0. The summed E-state index contributed by atoms with van der Waals surface area (Å²) in [5.41, 5.74) is 2.48. The topological polar surface area (TPSA) is 104 Å². The summed E-state index contributed by atoms with van der Waals surface area (Å²) in [4.78, 5) is 26.2. The standard InChI is InChI=1S/C19H24N8O/c1-4-16(28)27-9-5-6-13(10-27)21-18-14-7-8-20-17(14)23-19(24-18)22-15-11-26(3)25-12(15)2/h4,7-8,11,13H,1,5-6,9-10H2,2-3H3,(H3,20,21,22,23,24)/t13-/m1/s1. The second kappa shape index (κ2) is 7.34. The number of anilines is 3. The van der Waals surface area contributed by atoms with E-state index in [2.05, 4.69) is 37.3 Å². The van der Waals surface area contributed by atoms with E-state index < -0.39 is 0 Å². The molecule has 3 aromatic heterocycles. The number of nitrogens with one attached hydrogen (secondary N) is 3. The zero-order chi connectivity index (χ0) is 19.7. The van der Waals surface area contributed by atoms with Gasteiger partial charge in [0.1, 0.15) is 11.5 Å². The first-order valence-electron chi connectivity index (χ1n) is 9.34. The van der Waals surface area contributed by atoms with Gasteiger partial charge in [0.25, 0.3) is 0 Å². The van der Waals surface area contributed by atoms with Gasteiger partial charge in [-0.1, -0.05) is 6.58 Å². The van der Waals surface area contributed by atoms with Gasteiger partial charge in [-0.3, -0.25) is 9.48 Å². The molecule has 0 aliphatic carbocycles. The number of aryl methyl sites for hydroxylation is 2. The third kappa shape index (κ3) is 3.55. The zero-order valence-corrected chi connectivity index (χ0v) is 16.1. The van der Waals surface area contributed by atoms with Gasteiger partial charge in [-0.2, -0.15) is 15.1 Å². The van der Waals surface area contributed by atoms with Crippen LogP contribution in [0, 0.1) is 6.92 Å². The molecule has 0 bridgehead atoms. The van der Waals surface area contributed by atoms with Crippen LogP contribution in [-0.2, 0) is 11.8 Å². The van der Waals surface area contributed by atoms with Crippen LogP contribution in [0.3, 0.4) is 0 Å². The fraction of sp³-hybridized carbons (Fsp3) is 0.368. The minimum atomic E-state index is -0.0320. The van der Waals surface area contributed by atoms with Crippen LogP contribution >= 0.6 is 0 Å². The van der Waals surface area contributed by atoms with Crippen molar-refractivity contribution in [1.29, 1.82) is 0 Å². The van der Waals surface area contributed by atoms with Gasteiger partial charge in [-0.25, -0.2) is 0 Å². The Morgan fingerprint density at radius 3 is 3.04 bits per heavy atom. The lowest BCUT2D eigenvalue weighted by Crippen LogP contribution is -2.44. The minimum absolute atomic E-state index is 0.0320. The smallest absolute Gasteiger partial charge is 0.246 e. The van der Waals surface area contributed by atoms with E-state index in [4.69, 9.17) is 0 Å². The average molecular weight is 380 g/mol. The molecule has 9 heteroatoms. The van der Waals surface area contributed by atoms with Crippen molar-refractivity contribution in [2.24, 2.45) is 7.05 Å². The molecule has 3 N–H and O–H groups in total. The molecule has 4 heterocycles. The SMILES string of the molecule is C=CC(=O)N1CCC[C@@H](Nc2nc(Nc3cn(C)nc3C)nc3[nH]ccc23)C1. The molecule has 1 aliphatic rings. The highest BCUT2D eigenvalue weighted by atomic mass is 16.2. The largest absolute Gasteiger partial charge is 0.365 e. The van der Waals surface area contributed by atoms with Crippen molar-refractivity contribution < 1.29 is 4.79 Å². The summed E-state index contributed by atoms with van der Waals surface area (Å²) in [5.74, 6) is 1.20. The molecule has 1 aliphatic heterocycles. The number of piperidine rings is 1. The van der Waals surface area contributed by atoms with Crippen LogP contribution in [0.1, 0.15) is 18.5 Å². The first-order valence-corrected chi connectivity index (χ1v) is 9.34. The maximum Gasteiger partial charge on any atom is 0.246 e. The number of amides is 1. The van der Waals surface area contributed by atoms with E-state index in [0.29, 0.717) is 12.5 Å². The molecular formula is C19H24N8O. The van der Waals surface area contributed by atoms with Crippen molar-refractivity contribution in [3.05, 3.63) is 36.8 Å². The molecule has 0 spiro atoms. The van der Waals surface area contributed by atoms with Crippen LogP contribution in [0.5, 0.6) is 0 Å². The summed E-state index contributed by atoms with van der Waals surface area (Å²) in [5, 5.41) is 12.0. The van der Waals surface area contributed by atoms with Gasteiger partial charge in [-0.15, -0.1) is 0 Å². The van der Waals surface area contributed by atoms with Gasteiger partial charge < -0.3 is 20.5 Å². The number of likely N-dealkylation sites (tertiary alicyclic amines) is 1. The Balaban J connectivity index is 1.59. The molecule has 28 heavy (non-hydrogen) atoms. The number of H-pyrrole nitrogens is 1. The third-order valence-electron chi connectivity index (χ3n) is 4.92. The van der Waals surface area contributed by atoms with Gasteiger partial charge in [0.2, 0.25) is 11.9 Å². The Morgan fingerprint density at radius 1 is 1.43 bits per heavy atom. The molecule has 0 aromatic carbocycles. The first kappa shape index (κ1) is 18.0. The molecule has 1 amide bonds. The average Bonchev–Trinajstić information content (AvgIpc) is 3.27. The zero-order valence-electron chi connectivity index (χ0n) is 16.1. The van der Waals surface area contributed by atoms with Crippen molar-refractivity contribution >= 4 is 34.4 Å². The van der Waals surface area contributed by atoms with Crippen molar-refractivity contribution in [3.8, 4) is 0 Å². The van der Waals surface area contributed by atoms with E-state index in [-0.39, 0.29) is 11.9 Å². The molecule has 9 nitrogen and oxygen atoms in total. The Kier molecular flexibility index (Phi) is 4.72. The predicted octanol–water partition coefficient (Wildman–Crippen LogP) is 2.33. The van der Waals surface area contributed by atoms with E-state index >= 15 is 0 Å². The van der Waals surface area contributed by atoms with Gasteiger partial charge >= 0.3 is 0 Å². The first-order chi connectivity index (χ1) is 13.5. The van der Waals surface area contributed by atoms with Crippen LogP contribution < -0.4 is 10.6 Å². The van der Waals surface area contributed by atoms with E-state index in [1.54, 1.807) is 4.68 Å². The number of carbonyl (C=O) groups is 1. The molecular weight excluding hydrogens is 356 g/mol. The minimum Gasteiger partial charge on any atom is -0.365 e. The van der Waals surface area contributed by atoms with Crippen LogP contribution in [0.15, 0.2) is 31.1 Å². The molecule has 1 saturated heterocycles. The number of hydrogen-bond acceptors (Lipinski definition) is 6. The molecule has 0 radical (unpaired) electrons. The van der Waals surface area contributed by atoms with Crippen LogP contribution in [-0.4, -0.2) is 54.7 Å². The lowest BCUT2D eigenvalue weighted by Gasteiger charge is -2.33. The molecule has 4 rings (SSSR count).